The maximum atomic E-state index is 13.5. The van der Waals surface area contributed by atoms with Crippen LogP contribution in [-0.2, 0) is 0 Å². The third-order valence-corrected chi connectivity index (χ3v) is 6.00. The zero-order valence-electron chi connectivity index (χ0n) is 15.3. The number of aromatic nitrogens is 1. The van der Waals surface area contributed by atoms with Gasteiger partial charge in [-0.05, 0) is 22.9 Å². The number of rotatable bonds is 1. The lowest BCUT2D eigenvalue weighted by Crippen LogP contribution is -2.01. The van der Waals surface area contributed by atoms with Crippen LogP contribution in [0.15, 0.2) is 84.9 Å². The standard InChI is InChI=1S/C26H14ClNO/c27-20-12-6-5-11-19(20)23-22-16-8-2-1-7-15(16)13-14-21(22)28-25-17-9-3-4-10-18(17)26(29)24(23)25/h1-14H. The molecular weight excluding hydrogens is 378 g/mol. The Balaban J connectivity index is 1.89. The Labute approximate surface area is 172 Å². The van der Waals surface area contributed by atoms with E-state index in [1.54, 1.807) is 0 Å². The Morgan fingerprint density at radius 2 is 1.34 bits per heavy atom. The highest BCUT2D eigenvalue weighted by atomic mass is 35.5. The Hall–Kier alpha value is -3.49. The molecule has 1 heterocycles. The molecule has 6 rings (SSSR count). The van der Waals surface area contributed by atoms with Crippen molar-refractivity contribution in [1.29, 1.82) is 0 Å². The molecule has 0 saturated carbocycles. The minimum atomic E-state index is 0.00727. The van der Waals surface area contributed by atoms with Crippen LogP contribution in [0.5, 0.6) is 0 Å². The van der Waals surface area contributed by atoms with Gasteiger partial charge in [-0.1, -0.05) is 84.4 Å². The van der Waals surface area contributed by atoms with Crippen molar-refractivity contribution < 1.29 is 4.79 Å². The quantitative estimate of drug-likeness (QED) is 0.285. The smallest absolute Gasteiger partial charge is 0.196 e. The Kier molecular flexibility index (Phi) is 3.41. The van der Waals surface area contributed by atoms with Crippen molar-refractivity contribution in [3.63, 3.8) is 0 Å². The molecule has 0 bridgehead atoms. The van der Waals surface area contributed by atoms with Gasteiger partial charge >= 0.3 is 0 Å². The topological polar surface area (TPSA) is 30.0 Å². The third kappa shape index (κ3) is 2.24. The normalized spacial score (nSPS) is 12.4. The number of ketones is 1. The van der Waals surface area contributed by atoms with Crippen LogP contribution in [0, 0.1) is 0 Å². The summed E-state index contributed by atoms with van der Waals surface area (Å²) in [6, 6.07) is 27.7. The van der Waals surface area contributed by atoms with E-state index in [0.717, 1.165) is 44.1 Å². The molecule has 136 valence electrons. The first-order valence-corrected chi connectivity index (χ1v) is 9.86. The summed E-state index contributed by atoms with van der Waals surface area (Å²) in [6.45, 7) is 0. The highest BCUT2D eigenvalue weighted by molar-refractivity contribution is 6.36. The van der Waals surface area contributed by atoms with Crippen LogP contribution in [-0.4, -0.2) is 10.8 Å². The van der Waals surface area contributed by atoms with Gasteiger partial charge in [-0.3, -0.25) is 4.79 Å². The van der Waals surface area contributed by atoms with Crippen molar-refractivity contribution >= 4 is 39.1 Å². The van der Waals surface area contributed by atoms with Crippen LogP contribution in [0.25, 0.3) is 44.1 Å². The fourth-order valence-electron chi connectivity index (χ4n) is 4.41. The average Bonchev–Trinajstić information content (AvgIpc) is 3.05. The molecule has 0 atom stereocenters. The van der Waals surface area contributed by atoms with Gasteiger partial charge in [-0.25, -0.2) is 4.98 Å². The van der Waals surface area contributed by atoms with Gasteiger partial charge in [0.05, 0.1) is 16.8 Å². The van der Waals surface area contributed by atoms with E-state index in [4.69, 9.17) is 16.6 Å². The van der Waals surface area contributed by atoms with Gasteiger partial charge in [0.2, 0.25) is 0 Å². The first-order chi connectivity index (χ1) is 14.2. The summed E-state index contributed by atoms with van der Waals surface area (Å²) in [7, 11) is 0. The first kappa shape index (κ1) is 16.5. The number of carbonyl (C=O) groups is 1. The lowest BCUT2D eigenvalue weighted by Gasteiger charge is -2.15. The SMILES string of the molecule is O=C1c2ccccc2-c2nc3ccc4ccccc4c3c(-c3ccccc3Cl)c21. The van der Waals surface area contributed by atoms with E-state index in [-0.39, 0.29) is 5.78 Å². The van der Waals surface area contributed by atoms with Crippen LogP contribution in [0.1, 0.15) is 15.9 Å². The molecule has 0 aliphatic heterocycles. The van der Waals surface area contributed by atoms with Gasteiger partial charge in [0.15, 0.2) is 5.78 Å². The molecule has 1 aliphatic carbocycles. The number of fused-ring (bicyclic) bond motifs is 6. The van der Waals surface area contributed by atoms with Gasteiger partial charge in [0, 0.05) is 32.7 Å². The number of nitrogens with zero attached hydrogens (tertiary/aromatic N) is 1. The summed E-state index contributed by atoms with van der Waals surface area (Å²) in [6.07, 6.45) is 0. The van der Waals surface area contributed by atoms with Crippen LogP contribution in [0.2, 0.25) is 5.02 Å². The largest absolute Gasteiger partial charge is 0.288 e. The summed E-state index contributed by atoms with van der Waals surface area (Å²) >= 11 is 6.64. The van der Waals surface area contributed by atoms with E-state index < -0.39 is 0 Å². The fraction of sp³-hybridized carbons (Fsp3) is 0. The number of carbonyl (C=O) groups excluding carboxylic acids is 1. The molecule has 0 N–H and O–H groups in total. The number of benzene rings is 4. The number of pyridine rings is 1. The molecule has 2 nitrogen and oxygen atoms in total. The van der Waals surface area contributed by atoms with Crippen molar-refractivity contribution in [2.75, 3.05) is 0 Å². The van der Waals surface area contributed by atoms with Gasteiger partial charge in [-0.15, -0.1) is 0 Å². The lowest BCUT2D eigenvalue weighted by molar-refractivity contribution is 0.104. The van der Waals surface area contributed by atoms with Crippen molar-refractivity contribution in [2.45, 2.75) is 0 Å². The maximum Gasteiger partial charge on any atom is 0.196 e. The van der Waals surface area contributed by atoms with E-state index in [1.165, 1.54) is 0 Å². The summed E-state index contributed by atoms with van der Waals surface area (Å²) < 4.78 is 0. The molecule has 4 aromatic carbocycles. The summed E-state index contributed by atoms with van der Waals surface area (Å²) in [5.41, 5.74) is 5.55. The number of hydrogen-bond acceptors (Lipinski definition) is 2. The molecular formula is C26H14ClNO. The molecule has 0 unspecified atom stereocenters. The zero-order valence-corrected chi connectivity index (χ0v) is 16.1. The van der Waals surface area contributed by atoms with Crippen LogP contribution >= 0.6 is 11.6 Å². The molecule has 0 fully saturated rings. The second-order valence-corrected chi connectivity index (χ2v) is 7.65. The minimum absolute atomic E-state index is 0.00727. The summed E-state index contributed by atoms with van der Waals surface area (Å²) in [4.78, 5) is 18.4. The molecule has 29 heavy (non-hydrogen) atoms. The van der Waals surface area contributed by atoms with E-state index in [9.17, 15) is 4.79 Å². The van der Waals surface area contributed by atoms with Crippen molar-refractivity contribution in [3.8, 4) is 22.4 Å². The van der Waals surface area contributed by atoms with Gasteiger partial charge in [0.25, 0.3) is 0 Å². The summed E-state index contributed by atoms with van der Waals surface area (Å²) in [5, 5.41) is 3.77. The van der Waals surface area contributed by atoms with Gasteiger partial charge < -0.3 is 0 Å². The zero-order chi connectivity index (χ0) is 19.5. The molecule has 3 heteroatoms. The Morgan fingerprint density at radius 3 is 2.17 bits per heavy atom. The molecule has 0 amide bonds. The van der Waals surface area contributed by atoms with E-state index in [2.05, 4.69) is 18.2 Å². The maximum absolute atomic E-state index is 13.5. The van der Waals surface area contributed by atoms with Gasteiger partial charge in [0.1, 0.15) is 0 Å². The molecule has 1 aromatic heterocycles. The van der Waals surface area contributed by atoms with Crippen molar-refractivity contribution in [1.82, 2.24) is 4.98 Å². The predicted molar refractivity (Wildman–Crippen MR) is 119 cm³/mol. The monoisotopic (exact) mass is 391 g/mol. The molecule has 1 aliphatic rings. The predicted octanol–water partition coefficient (Wildman–Crippen LogP) is 6.92. The number of halogens is 1. The molecule has 0 saturated heterocycles. The molecule has 5 aromatic rings. The Morgan fingerprint density at radius 1 is 0.655 bits per heavy atom. The van der Waals surface area contributed by atoms with E-state index in [1.807, 2.05) is 66.7 Å². The van der Waals surface area contributed by atoms with Crippen LogP contribution in [0.3, 0.4) is 0 Å². The van der Waals surface area contributed by atoms with Gasteiger partial charge in [-0.2, -0.15) is 0 Å². The first-order valence-electron chi connectivity index (χ1n) is 9.48. The highest BCUT2D eigenvalue weighted by Gasteiger charge is 2.33. The summed E-state index contributed by atoms with van der Waals surface area (Å²) in [5.74, 6) is 0.00727. The average molecular weight is 392 g/mol. The van der Waals surface area contributed by atoms with E-state index in [0.29, 0.717) is 16.1 Å². The lowest BCUT2D eigenvalue weighted by atomic mass is 9.91. The molecule has 0 spiro atoms. The fourth-order valence-corrected chi connectivity index (χ4v) is 4.64. The Bertz CT molecular complexity index is 1490. The third-order valence-electron chi connectivity index (χ3n) is 5.67. The highest BCUT2D eigenvalue weighted by Crippen LogP contribution is 2.46. The second-order valence-electron chi connectivity index (χ2n) is 7.25. The van der Waals surface area contributed by atoms with Crippen molar-refractivity contribution in [3.05, 3.63) is 101 Å². The second kappa shape index (κ2) is 6.00. The number of hydrogen-bond donors (Lipinski definition) is 0. The van der Waals surface area contributed by atoms with E-state index >= 15 is 0 Å². The van der Waals surface area contributed by atoms with Crippen molar-refractivity contribution in [2.24, 2.45) is 0 Å². The van der Waals surface area contributed by atoms with Crippen LogP contribution < -0.4 is 0 Å². The molecule has 0 radical (unpaired) electrons. The minimum Gasteiger partial charge on any atom is -0.288 e. The van der Waals surface area contributed by atoms with Crippen LogP contribution in [0.4, 0.5) is 0 Å².